The average molecular weight is 266 g/mol. The van der Waals surface area contributed by atoms with Crippen LogP contribution in [0, 0.1) is 11.2 Å². The Labute approximate surface area is 112 Å². The molecule has 0 atom stereocenters. The molecule has 19 heavy (non-hydrogen) atoms. The number of benzene rings is 1. The molecule has 0 saturated carbocycles. The first-order valence-electron chi connectivity index (χ1n) is 6.43. The summed E-state index contributed by atoms with van der Waals surface area (Å²) in [4.78, 5) is 5.47. The van der Waals surface area contributed by atoms with Gasteiger partial charge in [0.1, 0.15) is 0 Å². The minimum atomic E-state index is -0.561. The molecule has 0 radical (unpaired) electrons. The van der Waals surface area contributed by atoms with Crippen LogP contribution >= 0.6 is 0 Å². The lowest BCUT2D eigenvalue weighted by molar-refractivity contribution is -0.150. The summed E-state index contributed by atoms with van der Waals surface area (Å²) in [6.45, 7) is 8.27. The number of ether oxygens (including phenoxy) is 1. The van der Waals surface area contributed by atoms with Crippen molar-refractivity contribution in [2.24, 2.45) is 0 Å². The molecular weight excluding hydrogens is 247 g/mol. The summed E-state index contributed by atoms with van der Waals surface area (Å²) in [5, 5.41) is 9.58. The second-order valence-corrected chi connectivity index (χ2v) is 4.85. The molecule has 1 aliphatic heterocycles. The largest absolute Gasteiger partial charge is 0.491 e. The minimum Gasteiger partial charge on any atom is -0.491 e. The highest BCUT2D eigenvalue weighted by molar-refractivity contribution is 6.01. The second kappa shape index (κ2) is 4.81. The SMILES string of the molecule is CCOc1ccc2c(c1F)C(=N)N(OCC)C2(C)C. The molecule has 1 aromatic rings. The zero-order valence-corrected chi connectivity index (χ0v) is 11.7. The van der Waals surface area contributed by atoms with Gasteiger partial charge in [0.2, 0.25) is 0 Å². The van der Waals surface area contributed by atoms with E-state index in [1.165, 1.54) is 5.06 Å². The normalized spacial score (nSPS) is 16.7. The molecular formula is C14H19FN2O2. The lowest BCUT2D eigenvalue weighted by atomic mass is 9.94. The summed E-state index contributed by atoms with van der Waals surface area (Å²) in [5.41, 5.74) is 0.449. The molecule has 104 valence electrons. The summed E-state index contributed by atoms with van der Waals surface area (Å²) in [6, 6.07) is 3.42. The second-order valence-electron chi connectivity index (χ2n) is 4.85. The van der Waals surface area contributed by atoms with Crippen molar-refractivity contribution in [1.82, 2.24) is 5.06 Å². The Hall–Kier alpha value is -1.62. The third-order valence-corrected chi connectivity index (χ3v) is 3.27. The summed E-state index contributed by atoms with van der Waals surface area (Å²) in [7, 11) is 0. The number of hydroxylamine groups is 2. The van der Waals surface area contributed by atoms with Crippen molar-refractivity contribution in [3.05, 3.63) is 29.1 Å². The van der Waals surface area contributed by atoms with Crippen LogP contribution in [-0.2, 0) is 10.4 Å². The van der Waals surface area contributed by atoms with Crippen molar-refractivity contribution < 1.29 is 14.0 Å². The van der Waals surface area contributed by atoms with Crippen LogP contribution < -0.4 is 4.74 Å². The van der Waals surface area contributed by atoms with Crippen molar-refractivity contribution in [2.75, 3.05) is 13.2 Å². The van der Waals surface area contributed by atoms with Crippen LogP contribution in [0.2, 0.25) is 0 Å². The quantitative estimate of drug-likeness (QED) is 0.911. The Morgan fingerprint density at radius 1 is 1.26 bits per heavy atom. The van der Waals surface area contributed by atoms with Crippen LogP contribution in [0.25, 0.3) is 0 Å². The average Bonchev–Trinajstić information content (AvgIpc) is 2.55. The molecule has 5 heteroatoms. The highest BCUT2D eigenvalue weighted by atomic mass is 19.1. The number of hydrogen-bond acceptors (Lipinski definition) is 3. The predicted molar refractivity (Wildman–Crippen MR) is 70.9 cm³/mol. The first kappa shape index (κ1) is 13.8. The molecule has 2 rings (SSSR count). The van der Waals surface area contributed by atoms with Crippen LogP contribution in [0.5, 0.6) is 5.75 Å². The fourth-order valence-electron chi connectivity index (χ4n) is 2.41. The van der Waals surface area contributed by atoms with E-state index < -0.39 is 11.4 Å². The van der Waals surface area contributed by atoms with Gasteiger partial charge in [0.25, 0.3) is 0 Å². The molecule has 0 spiro atoms. The number of nitrogens with one attached hydrogen (secondary N) is 1. The fourth-order valence-corrected chi connectivity index (χ4v) is 2.41. The monoisotopic (exact) mass is 266 g/mol. The van der Waals surface area contributed by atoms with E-state index in [1.54, 1.807) is 19.1 Å². The van der Waals surface area contributed by atoms with Gasteiger partial charge < -0.3 is 4.74 Å². The molecule has 1 aromatic carbocycles. The van der Waals surface area contributed by atoms with Crippen molar-refractivity contribution in [2.45, 2.75) is 33.2 Å². The summed E-state index contributed by atoms with van der Waals surface area (Å²) >= 11 is 0. The molecule has 0 aromatic heterocycles. The van der Waals surface area contributed by atoms with E-state index in [2.05, 4.69) is 0 Å². The number of nitrogens with zero attached hydrogens (tertiary/aromatic N) is 1. The zero-order valence-electron chi connectivity index (χ0n) is 11.7. The van der Waals surface area contributed by atoms with E-state index in [9.17, 15) is 4.39 Å². The molecule has 4 nitrogen and oxygen atoms in total. The summed E-state index contributed by atoms with van der Waals surface area (Å²) in [6.07, 6.45) is 0. The standard InChI is InChI=1S/C14H19FN2O2/c1-5-18-10-8-7-9-11(12(10)15)13(16)17(19-6-2)14(9,3)4/h7-8,16H,5-6H2,1-4H3. The van der Waals surface area contributed by atoms with Crippen molar-refractivity contribution in [3.63, 3.8) is 0 Å². The van der Waals surface area contributed by atoms with Gasteiger partial charge in [-0.15, -0.1) is 0 Å². The number of rotatable bonds is 4. The summed E-state index contributed by atoms with van der Waals surface area (Å²) in [5.74, 6) is -0.263. The maximum absolute atomic E-state index is 14.4. The number of amidine groups is 1. The first-order chi connectivity index (χ1) is 8.95. The molecule has 1 heterocycles. The van der Waals surface area contributed by atoms with Crippen LogP contribution in [-0.4, -0.2) is 24.1 Å². The van der Waals surface area contributed by atoms with Gasteiger partial charge >= 0.3 is 0 Å². The molecule has 0 fully saturated rings. The van der Waals surface area contributed by atoms with Gasteiger partial charge in [-0.3, -0.25) is 10.2 Å². The van der Waals surface area contributed by atoms with E-state index in [1.807, 2.05) is 20.8 Å². The Kier molecular flexibility index (Phi) is 3.49. The van der Waals surface area contributed by atoms with Crippen molar-refractivity contribution in [3.8, 4) is 5.75 Å². The van der Waals surface area contributed by atoms with Crippen molar-refractivity contribution >= 4 is 5.84 Å². The predicted octanol–water partition coefficient (Wildman–Crippen LogP) is 3.05. The molecule has 0 bridgehead atoms. The maximum Gasteiger partial charge on any atom is 0.176 e. The molecule has 1 N–H and O–H groups in total. The summed E-state index contributed by atoms with van der Waals surface area (Å²) < 4.78 is 19.7. The van der Waals surface area contributed by atoms with E-state index in [0.29, 0.717) is 13.2 Å². The fraction of sp³-hybridized carbons (Fsp3) is 0.500. The lowest BCUT2D eigenvalue weighted by Crippen LogP contribution is -2.39. The van der Waals surface area contributed by atoms with Gasteiger partial charge in [0, 0.05) is 0 Å². The van der Waals surface area contributed by atoms with Crippen LogP contribution in [0.1, 0.15) is 38.8 Å². The van der Waals surface area contributed by atoms with Gasteiger partial charge in [-0.1, -0.05) is 6.07 Å². The highest BCUT2D eigenvalue weighted by Gasteiger charge is 2.44. The lowest BCUT2D eigenvalue weighted by Gasteiger charge is -2.31. The van der Waals surface area contributed by atoms with Crippen LogP contribution in [0.4, 0.5) is 4.39 Å². The molecule has 0 amide bonds. The van der Waals surface area contributed by atoms with Gasteiger partial charge in [0.15, 0.2) is 17.4 Å². The molecule has 0 aliphatic carbocycles. The van der Waals surface area contributed by atoms with Gasteiger partial charge in [-0.2, -0.15) is 0 Å². The van der Waals surface area contributed by atoms with Crippen LogP contribution in [0.15, 0.2) is 12.1 Å². The van der Waals surface area contributed by atoms with E-state index in [4.69, 9.17) is 15.0 Å². The van der Waals surface area contributed by atoms with Gasteiger partial charge in [-0.05, 0) is 39.3 Å². The Balaban J connectivity index is 2.54. The minimum absolute atomic E-state index is 0.0425. The highest BCUT2D eigenvalue weighted by Crippen LogP contribution is 2.41. The Morgan fingerprint density at radius 2 is 1.95 bits per heavy atom. The van der Waals surface area contributed by atoms with Gasteiger partial charge in [-0.25, -0.2) is 9.45 Å². The maximum atomic E-state index is 14.4. The smallest absolute Gasteiger partial charge is 0.176 e. The van der Waals surface area contributed by atoms with Gasteiger partial charge in [0.05, 0.1) is 24.3 Å². The third kappa shape index (κ3) is 1.98. The zero-order chi connectivity index (χ0) is 14.2. The molecule has 1 aliphatic rings. The van der Waals surface area contributed by atoms with E-state index >= 15 is 0 Å². The number of fused-ring (bicyclic) bond motifs is 1. The number of halogens is 1. The topological polar surface area (TPSA) is 45.5 Å². The Morgan fingerprint density at radius 3 is 2.53 bits per heavy atom. The number of hydrogen-bond donors (Lipinski definition) is 1. The first-order valence-corrected chi connectivity index (χ1v) is 6.43. The van der Waals surface area contributed by atoms with Crippen LogP contribution in [0.3, 0.4) is 0 Å². The molecule has 0 unspecified atom stereocenters. The van der Waals surface area contributed by atoms with E-state index in [0.717, 1.165) is 5.56 Å². The Bertz CT molecular complexity index is 514. The third-order valence-electron chi connectivity index (χ3n) is 3.27. The van der Waals surface area contributed by atoms with Crippen molar-refractivity contribution in [1.29, 1.82) is 5.41 Å². The molecule has 0 saturated heterocycles. The van der Waals surface area contributed by atoms with E-state index in [-0.39, 0.29) is 17.1 Å².